The summed E-state index contributed by atoms with van der Waals surface area (Å²) in [5.74, 6) is 0.203. The van der Waals surface area contributed by atoms with Gasteiger partial charge in [-0.2, -0.15) is 0 Å². The molecule has 2 rings (SSSR count). The van der Waals surface area contributed by atoms with E-state index < -0.39 is 0 Å². The molecule has 0 atom stereocenters. The quantitative estimate of drug-likeness (QED) is 0.795. The molecule has 0 aliphatic carbocycles. The second-order valence-electron chi connectivity index (χ2n) is 4.31. The predicted octanol–water partition coefficient (Wildman–Crippen LogP) is 1.75. The lowest BCUT2D eigenvalue weighted by Gasteiger charge is -2.33. The fourth-order valence-electron chi connectivity index (χ4n) is 1.97. The third kappa shape index (κ3) is 3.31. The number of Topliss-reactive ketones (excluding diaryl/α,β-unsaturated/α-hetero) is 1. The molecule has 1 fully saturated rings. The minimum atomic E-state index is 0.100. The first kappa shape index (κ1) is 13.5. The number of nitrogens with zero attached hydrogens (tertiary/aromatic N) is 2. The monoisotopic (exact) mass is 286 g/mol. The van der Waals surface area contributed by atoms with Crippen molar-refractivity contribution < 1.29 is 9.59 Å². The molecular weight excluding hydrogens is 272 g/mol. The van der Waals surface area contributed by atoms with E-state index in [1.807, 2.05) is 4.90 Å². The maximum absolute atomic E-state index is 12.0. The lowest BCUT2D eigenvalue weighted by molar-refractivity contribution is -0.130. The second kappa shape index (κ2) is 5.82. The van der Waals surface area contributed by atoms with Gasteiger partial charge in [-0.3, -0.25) is 14.5 Å². The van der Waals surface area contributed by atoms with Gasteiger partial charge >= 0.3 is 0 Å². The zero-order valence-electron chi connectivity index (χ0n) is 10.2. The summed E-state index contributed by atoms with van der Waals surface area (Å²) in [5, 5.41) is 0. The molecule has 1 aromatic rings. The van der Waals surface area contributed by atoms with E-state index in [0.717, 1.165) is 13.1 Å². The lowest BCUT2D eigenvalue weighted by atomic mass is 10.2. The highest BCUT2D eigenvalue weighted by Crippen LogP contribution is 2.22. The number of hydrogen-bond donors (Lipinski definition) is 0. The SMILES string of the molecule is CC(=O)N1CCN(CC(=O)c2ccc(Cl)s2)CC1. The third-order valence-electron chi connectivity index (χ3n) is 3.03. The number of carbonyl (C=O) groups is 2. The van der Waals surface area contributed by atoms with Gasteiger partial charge in [0.1, 0.15) is 0 Å². The van der Waals surface area contributed by atoms with Gasteiger partial charge < -0.3 is 4.90 Å². The zero-order chi connectivity index (χ0) is 13.1. The fraction of sp³-hybridized carbons (Fsp3) is 0.500. The first-order valence-electron chi connectivity index (χ1n) is 5.82. The molecule has 0 N–H and O–H groups in total. The Morgan fingerprint density at radius 1 is 1.28 bits per heavy atom. The van der Waals surface area contributed by atoms with Gasteiger partial charge in [0, 0.05) is 33.1 Å². The maximum atomic E-state index is 12.0. The number of halogens is 1. The van der Waals surface area contributed by atoms with E-state index in [0.29, 0.717) is 28.8 Å². The van der Waals surface area contributed by atoms with E-state index in [9.17, 15) is 9.59 Å². The largest absolute Gasteiger partial charge is 0.340 e. The predicted molar refractivity (Wildman–Crippen MR) is 72.4 cm³/mol. The minimum absolute atomic E-state index is 0.100. The summed E-state index contributed by atoms with van der Waals surface area (Å²) < 4.78 is 0.639. The normalized spacial score (nSPS) is 16.9. The van der Waals surface area contributed by atoms with Gasteiger partial charge in [-0.1, -0.05) is 11.6 Å². The Labute approximate surface area is 115 Å². The molecule has 1 amide bonds. The first-order chi connectivity index (χ1) is 8.56. The van der Waals surface area contributed by atoms with Gasteiger partial charge in [0.15, 0.2) is 5.78 Å². The summed E-state index contributed by atoms with van der Waals surface area (Å²) in [6, 6.07) is 3.51. The fourth-order valence-corrected chi connectivity index (χ4v) is 2.94. The Balaban J connectivity index is 1.85. The molecule has 0 bridgehead atoms. The highest BCUT2D eigenvalue weighted by Gasteiger charge is 2.21. The molecule has 1 aliphatic heterocycles. The van der Waals surface area contributed by atoms with Crippen LogP contribution in [0.25, 0.3) is 0 Å². The van der Waals surface area contributed by atoms with Gasteiger partial charge in [0.05, 0.1) is 15.8 Å². The second-order valence-corrected chi connectivity index (χ2v) is 6.02. The maximum Gasteiger partial charge on any atom is 0.219 e. The van der Waals surface area contributed by atoms with E-state index in [2.05, 4.69) is 4.90 Å². The van der Waals surface area contributed by atoms with Crippen LogP contribution in [0, 0.1) is 0 Å². The van der Waals surface area contributed by atoms with Crippen LogP contribution in [0.4, 0.5) is 0 Å². The van der Waals surface area contributed by atoms with Crippen LogP contribution < -0.4 is 0 Å². The number of rotatable bonds is 3. The summed E-state index contributed by atoms with van der Waals surface area (Å²) in [6.07, 6.45) is 0. The number of hydrogen-bond acceptors (Lipinski definition) is 4. The highest BCUT2D eigenvalue weighted by atomic mass is 35.5. The van der Waals surface area contributed by atoms with Crippen LogP contribution >= 0.6 is 22.9 Å². The molecule has 1 aromatic heterocycles. The Bertz CT molecular complexity index is 453. The van der Waals surface area contributed by atoms with Gasteiger partial charge in [-0.15, -0.1) is 11.3 Å². The Morgan fingerprint density at radius 2 is 1.94 bits per heavy atom. The molecule has 0 aromatic carbocycles. The van der Waals surface area contributed by atoms with Crippen molar-refractivity contribution in [2.24, 2.45) is 0 Å². The van der Waals surface area contributed by atoms with E-state index in [1.54, 1.807) is 19.1 Å². The molecule has 4 nitrogen and oxygen atoms in total. The van der Waals surface area contributed by atoms with Crippen LogP contribution in [-0.4, -0.2) is 54.2 Å². The van der Waals surface area contributed by atoms with Crippen LogP contribution in [-0.2, 0) is 4.79 Å². The van der Waals surface area contributed by atoms with Crippen molar-refractivity contribution in [2.45, 2.75) is 6.92 Å². The first-order valence-corrected chi connectivity index (χ1v) is 7.02. The lowest BCUT2D eigenvalue weighted by Crippen LogP contribution is -2.49. The molecule has 0 spiro atoms. The zero-order valence-corrected chi connectivity index (χ0v) is 11.8. The molecular formula is C12H15ClN2O2S. The summed E-state index contributed by atoms with van der Waals surface area (Å²) in [4.78, 5) is 27.7. The number of thiophene rings is 1. The number of amides is 1. The smallest absolute Gasteiger partial charge is 0.219 e. The van der Waals surface area contributed by atoms with Crippen molar-refractivity contribution in [1.82, 2.24) is 9.80 Å². The van der Waals surface area contributed by atoms with E-state index in [4.69, 9.17) is 11.6 Å². The van der Waals surface area contributed by atoms with Crippen molar-refractivity contribution in [1.29, 1.82) is 0 Å². The van der Waals surface area contributed by atoms with Crippen LogP contribution in [0.15, 0.2) is 12.1 Å². The van der Waals surface area contributed by atoms with E-state index >= 15 is 0 Å². The molecule has 6 heteroatoms. The van der Waals surface area contributed by atoms with E-state index in [1.165, 1.54) is 11.3 Å². The summed E-state index contributed by atoms with van der Waals surface area (Å²) in [6.45, 7) is 4.90. The van der Waals surface area contributed by atoms with Crippen molar-refractivity contribution in [3.05, 3.63) is 21.3 Å². The van der Waals surface area contributed by atoms with Crippen molar-refractivity contribution >= 4 is 34.6 Å². The molecule has 1 aliphatic rings. The van der Waals surface area contributed by atoms with Gasteiger partial charge in [0.25, 0.3) is 0 Å². The summed E-state index contributed by atoms with van der Waals surface area (Å²) in [5.41, 5.74) is 0. The minimum Gasteiger partial charge on any atom is -0.340 e. The van der Waals surface area contributed by atoms with Crippen molar-refractivity contribution in [2.75, 3.05) is 32.7 Å². The highest BCUT2D eigenvalue weighted by molar-refractivity contribution is 7.18. The number of ketones is 1. The van der Waals surface area contributed by atoms with Crippen molar-refractivity contribution in [3.8, 4) is 0 Å². The van der Waals surface area contributed by atoms with Gasteiger partial charge in [-0.25, -0.2) is 0 Å². The summed E-state index contributed by atoms with van der Waals surface area (Å²) in [7, 11) is 0. The molecule has 18 heavy (non-hydrogen) atoms. The average Bonchev–Trinajstić information content (AvgIpc) is 2.76. The number of piperazine rings is 1. The Kier molecular flexibility index (Phi) is 4.37. The molecule has 2 heterocycles. The average molecular weight is 287 g/mol. The molecule has 0 radical (unpaired) electrons. The summed E-state index contributed by atoms with van der Waals surface area (Å²) >= 11 is 7.12. The third-order valence-corrected chi connectivity index (χ3v) is 4.31. The molecule has 1 saturated heterocycles. The van der Waals surface area contributed by atoms with Crippen LogP contribution in [0.5, 0.6) is 0 Å². The molecule has 98 valence electrons. The van der Waals surface area contributed by atoms with Crippen LogP contribution in [0.3, 0.4) is 0 Å². The molecule has 0 unspecified atom stereocenters. The van der Waals surface area contributed by atoms with Crippen LogP contribution in [0.2, 0.25) is 4.34 Å². The standard InChI is InChI=1S/C12H15ClN2O2S/c1-9(16)15-6-4-14(5-7-15)8-10(17)11-2-3-12(13)18-11/h2-3H,4-8H2,1H3. The van der Waals surface area contributed by atoms with Crippen LogP contribution in [0.1, 0.15) is 16.6 Å². The Morgan fingerprint density at radius 3 is 2.44 bits per heavy atom. The Hall–Kier alpha value is -0.910. The van der Waals surface area contributed by atoms with Gasteiger partial charge in [0.2, 0.25) is 5.91 Å². The topological polar surface area (TPSA) is 40.6 Å². The van der Waals surface area contributed by atoms with Gasteiger partial charge in [-0.05, 0) is 12.1 Å². The van der Waals surface area contributed by atoms with E-state index in [-0.39, 0.29) is 11.7 Å². The van der Waals surface area contributed by atoms with Crippen molar-refractivity contribution in [3.63, 3.8) is 0 Å². The molecule has 0 saturated carbocycles. The number of carbonyl (C=O) groups excluding carboxylic acids is 2.